The summed E-state index contributed by atoms with van der Waals surface area (Å²) in [5, 5.41) is 5.15. The first-order chi connectivity index (χ1) is 8.15. The molecule has 1 aliphatic rings. The van der Waals surface area contributed by atoms with Crippen molar-refractivity contribution >= 4 is 39.9 Å². The van der Waals surface area contributed by atoms with E-state index in [1.165, 1.54) is 4.88 Å². The number of hydrogen-bond donors (Lipinski definition) is 1. The van der Waals surface area contributed by atoms with Gasteiger partial charge in [0.2, 0.25) is 0 Å². The van der Waals surface area contributed by atoms with Crippen LogP contribution < -0.4 is 5.32 Å². The van der Waals surface area contributed by atoms with Gasteiger partial charge in [0.05, 0.1) is 10.9 Å². The van der Waals surface area contributed by atoms with Gasteiger partial charge in [0.25, 0.3) is 0 Å². The summed E-state index contributed by atoms with van der Waals surface area (Å²) >= 11 is 9.42. The molecular weight excluding hydrogens is 272 g/mol. The molecule has 2 heterocycles. The number of aliphatic imine (C=N–C) groups is 1. The summed E-state index contributed by atoms with van der Waals surface area (Å²) < 4.78 is 0.868. The molecule has 0 spiro atoms. The van der Waals surface area contributed by atoms with Crippen molar-refractivity contribution in [2.75, 3.05) is 13.1 Å². The number of thioether (sulfide) groups is 1. The average Bonchev–Trinajstić information content (AvgIpc) is 2.88. The van der Waals surface area contributed by atoms with E-state index < -0.39 is 0 Å². The largest absolute Gasteiger partial charge is 0.365 e. The number of amidine groups is 1. The summed E-state index contributed by atoms with van der Waals surface area (Å²) in [7, 11) is 0. The van der Waals surface area contributed by atoms with Gasteiger partial charge < -0.3 is 5.32 Å². The molecule has 0 amide bonds. The van der Waals surface area contributed by atoms with E-state index in [4.69, 9.17) is 11.6 Å². The van der Waals surface area contributed by atoms with Crippen LogP contribution in [0.3, 0.4) is 0 Å². The Labute approximate surface area is 116 Å². The maximum Gasteiger partial charge on any atom is 0.156 e. The van der Waals surface area contributed by atoms with Crippen molar-refractivity contribution in [3.05, 3.63) is 21.3 Å². The molecule has 2 rings (SSSR count). The van der Waals surface area contributed by atoms with Crippen molar-refractivity contribution < 1.29 is 0 Å². The van der Waals surface area contributed by atoms with Crippen molar-refractivity contribution in [2.45, 2.75) is 25.5 Å². The summed E-state index contributed by atoms with van der Waals surface area (Å²) in [6.45, 7) is 6.40. The SMILES string of the molecule is CC(C)C1CN=C(NCCc2ccc(Cl)s2)S1. The normalized spacial score (nSPS) is 19.8. The molecule has 5 heteroatoms. The van der Waals surface area contributed by atoms with Crippen LogP contribution in [-0.2, 0) is 6.42 Å². The van der Waals surface area contributed by atoms with Crippen LogP contribution in [0.5, 0.6) is 0 Å². The van der Waals surface area contributed by atoms with Crippen LogP contribution in [0.25, 0.3) is 0 Å². The zero-order valence-corrected chi connectivity index (χ0v) is 12.5. The molecular formula is C12H17ClN2S2. The summed E-state index contributed by atoms with van der Waals surface area (Å²) in [6.07, 6.45) is 1.02. The molecule has 17 heavy (non-hydrogen) atoms. The van der Waals surface area contributed by atoms with Crippen LogP contribution in [-0.4, -0.2) is 23.5 Å². The van der Waals surface area contributed by atoms with E-state index >= 15 is 0 Å². The first kappa shape index (κ1) is 13.2. The van der Waals surface area contributed by atoms with Crippen molar-refractivity contribution in [3.63, 3.8) is 0 Å². The fourth-order valence-corrected chi connectivity index (χ4v) is 3.74. The summed E-state index contributed by atoms with van der Waals surface area (Å²) in [5.74, 6) is 0.694. The predicted octanol–water partition coefficient (Wildman–Crippen LogP) is 3.66. The second kappa shape index (κ2) is 6.12. The van der Waals surface area contributed by atoms with Crippen LogP contribution in [0, 0.1) is 5.92 Å². The molecule has 0 bridgehead atoms. The summed E-state index contributed by atoms with van der Waals surface area (Å²) in [6, 6.07) is 4.05. The number of nitrogens with one attached hydrogen (secondary N) is 1. The molecule has 1 unspecified atom stereocenters. The molecule has 0 aliphatic carbocycles. The fraction of sp³-hybridized carbons (Fsp3) is 0.583. The lowest BCUT2D eigenvalue weighted by Gasteiger charge is -2.11. The molecule has 1 aromatic heterocycles. The molecule has 0 saturated heterocycles. The highest BCUT2D eigenvalue weighted by atomic mass is 35.5. The van der Waals surface area contributed by atoms with Gasteiger partial charge in [-0.1, -0.05) is 37.2 Å². The molecule has 94 valence electrons. The smallest absolute Gasteiger partial charge is 0.156 e. The van der Waals surface area contributed by atoms with Gasteiger partial charge in [0.15, 0.2) is 5.17 Å². The van der Waals surface area contributed by atoms with Crippen molar-refractivity contribution in [1.82, 2.24) is 5.32 Å². The molecule has 1 aromatic rings. The lowest BCUT2D eigenvalue weighted by atomic mass is 10.1. The number of halogens is 1. The zero-order chi connectivity index (χ0) is 12.3. The molecule has 1 atom stereocenters. The highest BCUT2D eigenvalue weighted by Crippen LogP contribution is 2.26. The third-order valence-electron chi connectivity index (χ3n) is 2.70. The summed E-state index contributed by atoms with van der Waals surface area (Å²) in [4.78, 5) is 5.85. The third-order valence-corrected chi connectivity index (χ3v) is 5.48. The minimum absolute atomic E-state index is 0.647. The summed E-state index contributed by atoms with van der Waals surface area (Å²) in [5.41, 5.74) is 0. The first-order valence-corrected chi connectivity index (χ1v) is 7.92. The fourth-order valence-electron chi connectivity index (χ4n) is 1.61. The molecule has 2 nitrogen and oxygen atoms in total. The van der Waals surface area contributed by atoms with Gasteiger partial charge in [0, 0.05) is 16.7 Å². The number of hydrogen-bond acceptors (Lipinski definition) is 4. The molecule has 0 radical (unpaired) electrons. The van der Waals surface area contributed by atoms with Gasteiger partial charge >= 0.3 is 0 Å². The second-order valence-corrected chi connectivity index (χ2v) is 7.46. The van der Waals surface area contributed by atoms with E-state index in [-0.39, 0.29) is 0 Å². The Morgan fingerprint density at radius 1 is 1.53 bits per heavy atom. The highest BCUT2D eigenvalue weighted by molar-refractivity contribution is 8.14. The van der Waals surface area contributed by atoms with E-state index in [2.05, 4.69) is 30.2 Å². The number of nitrogens with zero attached hydrogens (tertiary/aromatic N) is 1. The van der Waals surface area contributed by atoms with Gasteiger partial charge in [0.1, 0.15) is 0 Å². The Morgan fingerprint density at radius 2 is 2.35 bits per heavy atom. The van der Waals surface area contributed by atoms with Gasteiger partial charge in [-0.3, -0.25) is 4.99 Å². The Kier molecular flexibility index (Phi) is 4.77. The minimum atomic E-state index is 0.647. The maximum absolute atomic E-state index is 5.89. The average molecular weight is 289 g/mol. The van der Waals surface area contributed by atoms with Crippen molar-refractivity contribution in [1.29, 1.82) is 0 Å². The Balaban J connectivity index is 1.70. The van der Waals surface area contributed by atoms with Crippen LogP contribution >= 0.6 is 34.7 Å². The minimum Gasteiger partial charge on any atom is -0.365 e. The molecule has 0 saturated carbocycles. The first-order valence-electron chi connectivity index (χ1n) is 5.84. The topological polar surface area (TPSA) is 24.4 Å². The second-order valence-electron chi connectivity index (χ2n) is 4.43. The standard InChI is InChI=1S/C12H17ClN2S2/c1-8(2)10-7-15-12(17-10)14-6-5-9-3-4-11(13)16-9/h3-4,8,10H,5-7H2,1-2H3,(H,14,15). The van der Waals surface area contributed by atoms with Crippen LogP contribution in [0.1, 0.15) is 18.7 Å². The van der Waals surface area contributed by atoms with Crippen LogP contribution in [0.15, 0.2) is 17.1 Å². The molecule has 0 fully saturated rings. The number of thiophene rings is 1. The molecule has 0 aromatic carbocycles. The lowest BCUT2D eigenvalue weighted by molar-refractivity contribution is 0.621. The molecule has 1 N–H and O–H groups in total. The predicted molar refractivity (Wildman–Crippen MR) is 79.6 cm³/mol. The Morgan fingerprint density at radius 3 is 2.94 bits per heavy atom. The van der Waals surface area contributed by atoms with E-state index in [0.717, 1.165) is 29.0 Å². The monoisotopic (exact) mass is 288 g/mol. The van der Waals surface area contributed by atoms with Crippen molar-refractivity contribution in [3.8, 4) is 0 Å². The Hall–Kier alpha value is -0.190. The maximum atomic E-state index is 5.89. The van der Waals surface area contributed by atoms with Crippen molar-refractivity contribution in [2.24, 2.45) is 10.9 Å². The van der Waals surface area contributed by atoms with E-state index in [9.17, 15) is 0 Å². The third kappa shape index (κ3) is 3.90. The van der Waals surface area contributed by atoms with Gasteiger partial charge in [-0.25, -0.2) is 0 Å². The van der Waals surface area contributed by atoms with Crippen LogP contribution in [0.4, 0.5) is 0 Å². The van der Waals surface area contributed by atoms with Gasteiger partial charge in [-0.15, -0.1) is 11.3 Å². The van der Waals surface area contributed by atoms with E-state index in [0.29, 0.717) is 11.2 Å². The highest BCUT2D eigenvalue weighted by Gasteiger charge is 2.21. The van der Waals surface area contributed by atoms with E-state index in [1.54, 1.807) is 11.3 Å². The van der Waals surface area contributed by atoms with E-state index in [1.807, 2.05) is 17.8 Å². The van der Waals surface area contributed by atoms with Gasteiger partial charge in [-0.2, -0.15) is 0 Å². The van der Waals surface area contributed by atoms with Gasteiger partial charge in [-0.05, 0) is 24.5 Å². The Bertz CT molecular complexity index is 401. The zero-order valence-electron chi connectivity index (χ0n) is 10.1. The number of rotatable bonds is 4. The van der Waals surface area contributed by atoms with Crippen LogP contribution in [0.2, 0.25) is 4.34 Å². The quantitative estimate of drug-likeness (QED) is 0.914. The molecule has 1 aliphatic heterocycles. The lowest BCUT2D eigenvalue weighted by Crippen LogP contribution is -2.22.